The van der Waals surface area contributed by atoms with Crippen LogP contribution in [-0.4, -0.2) is 43.5 Å². The van der Waals surface area contributed by atoms with Gasteiger partial charge in [0.1, 0.15) is 17.7 Å². The van der Waals surface area contributed by atoms with Gasteiger partial charge in [0.15, 0.2) is 5.82 Å². The molecule has 2 atom stereocenters. The molecule has 7 nitrogen and oxygen atoms in total. The van der Waals surface area contributed by atoms with E-state index in [9.17, 15) is 18.7 Å². The Bertz CT molecular complexity index is 1120. The van der Waals surface area contributed by atoms with Crippen LogP contribution in [0.15, 0.2) is 60.7 Å². The van der Waals surface area contributed by atoms with Crippen molar-refractivity contribution in [1.82, 2.24) is 20.2 Å². The first-order valence-electron chi connectivity index (χ1n) is 9.98. The fourth-order valence-electron chi connectivity index (χ4n) is 3.53. The van der Waals surface area contributed by atoms with Crippen molar-refractivity contribution in [2.45, 2.75) is 32.0 Å². The molecular weight excluding hydrogens is 418 g/mol. The Morgan fingerprint density at radius 3 is 2.19 bits per heavy atom. The van der Waals surface area contributed by atoms with Crippen LogP contribution in [0.3, 0.4) is 0 Å². The van der Waals surface area contributed by atoms with E-state index >= 15 is 0 Å². The second kappa shape index (κ2) is 9.19. The standard InChI is InChI=1S/C23H20F2N4O3/c1-14-26-27-28-29(14)21(11-10-20-12-19(30)13-22(31)32-20)23(15-2-6-17(24)7-3-15)16-4-8-18(25)9-5-16/h2-11,19-20,30H,12-13H2,1H3. The van der Waals surface area contributed by atoms with Crippen LogP contribution in [0.4, 0.5) is 8.78 Å². The number of hydrogen-bond donors (Lipinski definition) is 1. The summed E-state index contributed by atoms with van der Waals surface area (Å²) in [5, 5.41) is 21.6. The minimum atomic E-state index is -0.790. The number of hydrogen-bond acceptors (Lipinski definition) is 6. The third-order valence-corrected chi connectivity index (χ3v) is 5.03. The number of aliphatic hydroxyl groups excluding tert-OH is 1. The number of aliphatic hydroxyl groups is 1. The maximum absolute atomic E-state index is 13.6. The third-order valence-electron chi connectivity index (χ3n) is 5.03. The second-order valence-corrected chi connectivity index (χ2v) is 7.39. The number of benzene rings is 2. The molecule has 2 aromatic carbocycles. The lowest BCUT2D eigenvalue weighted by atomic mass is 9.95. The second-order valence-electron chi connectivity index (χ2n) is 7.39. The molecule has 1 saturated heterocycles. The number of carbonyl (C=O) groups is 1. The average Bonchev–Trinajstić information content (AvgIpc) is 3.18. The van der Waals surface area contributed by atoms with E-state index in [1.807, 2.05) is 0 Å². The molecule has 2 unspecified atom stereocenters. The molecule has 0 aliphatic carbocycles. The Kier molecular flexibility index (Phi) is 6.18. The predicted molar refractivity (Wildman–Crippen MR) is 112 cm³/mol. The van der Waals surface area contributed by atoms with Gasteiger partial charge >= 0.3 is 5.97 Å². The van der Waals surface area contributed by atoms with Gasteiger partial charge < -0.3 is 9.84 Å². The van der Waals surface area contributed by atoms with Gasteiger partial charge in [-0.15, -0.1) is 5.10 Å². The van der Waals surface area contributed by atoms with E-state index in [2.05, 4.69) is 15.5 Å². The van der Waals surface area contributed by atoms with Crippen molar-refractivity contribution in [1.29, 1.82) is 0 Å². The van der Waals surface area contributed by atoms with Crippen molar-refractivity contribution in [3.63, 3.8) is 0 Å². The molecule has 0 saturated carbocycles. The fraction of sp³-hybridized carbons (Fsp3) is 0.217. The van der Waals surface area contributed by atoms with E-state index in [0.29, 0.717) is 28.2 Å². The molecule has 2 heterocycles. The molecule has 0 spiro atoms. The number of esters is 1. The molecule has 1 aromatic heterocycles. The Morgan fingerprint density at radius 1 is 1.09 bits per heavy atom. The molecule has 9 heteroatoms. The smallest absolute Gasteiger partial charge is 0.309 e. The number of rotatable bonds is 5. The number of cyclic esters (lactones) is 1. The largest absolute Gasteiger partial charge is 0.458 e. The molecule has 0 amide bonds. The summed E-state index contributed by atoms with van der Waals surface area (Å²) in [6.45, 7) is 1.71. The number of halogens is 2. The summed E-state index contributed by atoms with van der Waals surface area (Å²) in [4.78, 5) is 11.7. The number of aromatic nitrogens is 4. The highest BCUT2D eigenvalue weighted by atomic mass is 19.1. The minimum absolute atomic E-state index is 0.0461. The Labute approximate surface area is 182 Å². The van der Waals surface area contributed by atoms with Gasteiger partial charge in [0.2, 0.25) is 0 Å². The van der Waals surface area contributed by atoms with E-state index in [0.717, 1.165) is 0 Å². The maximum atomic E-state index is 13.6. The third kappa shape index (κ3) is 4.78. The highest BCUT2D eigenvalue weighted by molar-refractivity contribution is 5.96. The van der Waals surface area contributed by atoms with Crippen LogP contribution in [0.2, 0.25) is 0 Å². The van der Waals surface area contributed by atoms with Crippen molar-refractivity contribution in [2.75, 3.05) is 0 Å². The van der Waals surface area contributed by atoms with Crippen molar-refractivity contribution in [3.8, 4) is 0 Å². The van der Waals surface area contributed by atoms with Gasteiger partial charge in [0, 0.05) is 12.0 Å². The lowest BCUT2D eigenvalue weighted by Gasteiger charge is -2.23. The quantitative estimate of drug-likeness (QED) is 0.486. The Balaban J connectivity index is 1.90. The molecule has 1 N–H and O–H groups in total. The van der Waals surface area contributed by atoms with Crippen LogP contribution in [0.5, 0.6) is 0 Å². The number of tetrazole rings is 1. The first kappa shape index (κ1) is 21.5. The van der Waals surface area contributed by atoms with Crippen molar-refractivity contribution < 1.29 is 23.4 Å². The molecule has 32 heavy (non-hydrogen) atoms. The minimum Gasteiger partial charge on any atom is -0.458 e. The van der Waals surface area contributed by atoms with E-state index in [-0.39, 0.29) is 12.8 Å². The zero-order chi connectivity index (χ0) is 22.7. The Hall–Kier alpha value is -3.72. The molecule has 1 aliphatic rings. The summed E-state index contributed by atoms with van der Waals surface area (Å²) >= 11 is 0. The summed E-state index contributed by atoms with van der Waals surface area (Å²) in [5.41, 5.74) is 2.41. The van der Waals surface area contributed by atoms with Crippen LogP contribution in [-0.2, 0) is 9.53 Å². The van der Waals surface area contributed by atoms with Crippen LogP contribution >= 0.6 is 0 Å². The molecule has 4 rings (SSSR count). The summed E-state index contributed by atoms with van der Waals surface area (Å²) in [6.07, 6.45) is 2.11. The molecule has 0 radical (unpaired) electrons. The fourth-order valence-corrected chi connectivity index (χ4v) is 3.53. The highest BCUT2D eigenvalue weighted by Crippen LogP contribution is 2.31. The highest BCUT2D eigenvalue weighted by Gasteiger charge is 2.26. The first-order valence-corrected chi connectivity index (χ1v) is 9.98. The monoisotopic (exact) mass is 438 g/mol. The maximum Gasteiger partial charge on any atom is 0.309 e. The SMILES string of the molecule is Cc1nnnn1C(C=CC1CC(O)CC(=O)O1)=C(c1ccc(F)cc1)c1ccc(F)cc1. The molecule has 3 aromatic rings. The molecule has 0 bridgehead atoms. The first-order chi connectivity index (χ1) is 15.4. The van der Waals surface area contributed by atoms with Gasteiger partial charge in [-0.2, -0.15) is 4.68 Å². The lowest BCUT2D eigenvalue weighted by molar-refractivity contribution is -0.156. The van der Waals surface area contributed by atoms with Gasteiger partial charge in [0.05, 0.1) is 18.2 Å². The molecule has 1 aliphatic heterocycles. The van der Waals surface area contributed by atoms with E-state index in [1.165, 1.54) is 28.9 Å². The summed E-state index contributed by atoms with van der Waals surface area (Å²) in [6, 6.07) is 11.7. The van der Waals surface area contributed by atoms with Gasteiger partial charge in [-0.3, -0.25) is 4.79 Å². The van der Waals surface area contributed by atoms with Crippen molar-refractivity contribution in [3.05, 3.63) is 89.3 Å². The molecular formula is C23H20F2N4O3. The summed E-state index contributed by atoms with van der Waals surface area (Å²) < 4.78 is 34.0. The van der Waals surface area contributed by atoms with Crippen molar-refractivity contribution >= 4 is 17.2 Å². The zero-order valence-electron chi connectivity index (χ0n) is 17.2. The summed E-state index contributed by atoms with van der Waals surface area (Å²) in [7, 11) is 0. The molecule has 1 fully saturated rings. The number of aryl methyl sites for hydroxylation is 1. The number of ether oxygens (including phenoxy) is 1. The van der Waals surface area contributed by atoms with Crippen molar-refractivity contribution in [2.24, 2.45) is 0 Å². The summed E-state index contributed by atoms with van der Waals surface area (Å²) in [5.74, 6) is -0.802. The number of carbonyl (C=O) groups excluding carboxylic acids is 1. The Morgan fingerprint density at radius 2 is 1.69 bits per heavy atom. The number of nitrogens with zero attached hydrogens (tertiary/aromatic N) is 4. The van der Waals surface area contributed by atoms with Crippen LogP contribution < -0.4 is 0 Å². The van der Waals surface area contributed by atoms with Gasteiger partial charge in [0.25, 0.3) is 0 Å². The molecule has 164 valence electrons. The van der Waals surface area contributed by atoms with E-state index in [4.69, 9.17) is 4.74 Å². The number of allylic oxidation sites excluding steroid dienone is 2. The van der Waals surface area contributed by atoms with E-state index < -0.39 is 29.8 Å². The van der Waals surface area contributed by atoms with Crippen LogP contribution in [0, 0.1) is 18.6 Å². The predicted octanol–water partition coefficient (Wildman–Crippen LogP) is 3.30. The van der Waals surface area contributed by atoms with Gasteiger partial charge in [-0.25, -0.2) is 8.78 Å². The van der Waals surface area contributed by atoms with Crippen LogP contribution in [0.1, 0.15) is 29.8 Å². The van der Waals surface area contributed by atoms with Gasteiger partial charge in [-0.05, 0) is 64.9 Å². The zero-order valence-corrected chi connectivity index (χ0v) is 17.2. The topological polar surface area (TPSA) is 90.1 Å². The van der Waals surface area contributed by atoms with E-state index in [1.54, 1.807) is 43.3 Å². The van der Waals surface area contributed by atoms with Gasteiger partial charge in [-0.1, -0.05) is 24.3 Å². The lowest BCUT2D eigenvalue weighted by Crippen LogP contribution is -2.31. The average molecular weight is 438 g/mol. The normalized spacial score (nSPS) is 18.6. The van der Waals surface area contributed by atoms with Crippen LogP contribution in [0.25, 0.3) is 11.3 Å².